The predicted molar refractivity (Wildman–Crippen MR) is 42.7 cm³/mol. The second kappa shape index (κ2) is 3.04. The molecule has 0 aromatic heterocycles. The maximum absolute atomic E-state index is 10.9. The third-order valence-corrected chi connectivity index (χ3v) is 2.07. The highest BCUT2D eigenvalue weighted by Crippen LogP contribution is 2.14. The molecular formula is C8H17NO. The van der Waals surface area contributed by atoms with Crippen molar-refractivity contribution >= 4 is 5.91 Å². The number of amides is 1. The molecule has 60 valence electrons. The molecule has 1 atom stereocenters. The van der Waals surface area contributed by atoms with Crippen LogP contribution in [0.3, 0.4) is 0 Å². The largest absolute Gasteiger partial charge is 0.353 e. The number of rotatable bonds is 1. The molecular weight excluding hydrogens is 126 g/mol. The predicted octanol–water partition coefficient (Wildman–Crippen LogP) is 1.56. The Kier molecular flexibility index (Phi) is 2.30. The summed E-state index contributed by atoms with van der Waals surface area (Å²) in [6.07, 6.45) is 2.95. The zero-order valence-electron chi connectivity index (χ0n) is 6.68. The van der Waals surface area contributed by atoms with Gasteiger partial charge in [0.1, 0.15) is 0 Å². The average molecular weight is 143 g/mol. The lowest BCUT2D eigenvalue weighted by molar-refractivity contribution is -0.123. The minimum absolute atomic E-state index is 0. The van der Waals surface area contributed by atoms with Crippen LogP contribution in [0.5, 0.6) is 0 Å². The monoisotopic (exact) mass is 143 g/mol. The Morgan fingerprint density at radius 3 is 2.80 bits per heavy atom. The highest BCUT2D eigenvalue weighted by Gasteiger charge is 2.19. The van der Waals surface area contributed by atoms with Crippen LogP contribution < -0.4 is 5.32 Å². The molecule has 1 aliphatic heterocycles. The molecule has 2 nitrogen and oxygen atoms in total. The van der Waals surface area contributed by atoms with Gasteiger partial charge in [0.25, 0.3) is 0 Å². The van der Waals surface area contributed by atoms with Gasteiger partial charge in [-0.1, -0.05) is 13.8 Å². The maximum atomic E-state index is 10.9. The van der Waals surface area contributed by atoms with Crippen molar-refractivity contribution in [1.29, 1.82) is 0 Å². The van der Waals surface area contributed by atoms with Crippen LogP contribution in [0, 0.1) is 5.92 Å². The molecule has 0 aromatic rings. The lowest BCUT2D eigenvalue weighted by Crippen LogP contribution is -2.41. The van der Waals surface area contributed by atoms with E-state index in [1.807, 2.05) is 0 Å². The summed E-state index contributed by atoms with van der Waals surface area (Å²) in [7, 11) is 0. The van der Waals surface area contributed by atoms with Crippen LogP contribution in [0.2, 0.25) is 0 Å². The number of hydrogen-bond donors (Lipinski definition) is 1. The van der Waals surface area contributed by atoms with Gasteiger partial charge in [0.15, 0.2) is 0 Å². The van der Waals surface area contributed by atoms with E-state index in [1.54, 1.807) is 0 Å². The zero-order chi connectivity index (χ0) is 7.56. The molecule has 0 spiro atoms. The van der Waals surface area contributed by atoms with Gasteiger partial charge in [-0.05, 0) is 18.8 Å². The number of nitrogens with one attached hydrogen (secondary N) is 1. The second-order valence-electron chi connectivity index (χ2n) is 3.31. The van der Waals surface area contributed by atoms with E-state index in [0.29, 0.717) is 12.0 Å². The van der Waals surface area contributed by atoms with E-state index in [4.69, 9.17) is 0 Å². The minimum atomic E-state index is 0. The molecule has 1 aliphatic rings. The van der Waals surface area contributed by atoms with Gasteiger partial charge in [0, 0.05) is 13.9 Å². The Hall–Kier alpha value is -0.530. The van der Waals surface area contributed by atoms with Crippen molar-refractivity contribution in [2.45, 2.75) is 39.2 Å². The first-order chi connectivity index (χ1) is 4.70. The topological polar surface area (TPSA) is 29.1 Å². The molecule has 0 aromatic carbocycles. The molecule has 1 N–H and O–H groups in total. The fourth-order valence-electron chi connectivity index (χ4n) is 1.33. The Balaban J connectivity index is 0.000001000. The first-order valence-electron chi connectivity index (χ1n) is 3.99. The summed E-state index contributed by atoms with van der Waals surface area (Å²) >= 11 is 0. The zero-order valence-corrected chi connectivity index (χ0v) is 6.68. The molecule has 1 unspecified atom stereocenters. The van der Waals surface area contributed by atoms with Gasteiger partial charge in [-0.25, -0.2) is 0 Å². The first kappa shape index (κ1) is 7.58. The van der Waals surface area contributed by atoms with Crippen LogP contribution in [-0.2, 0) is 4.79 Å². The summed E-state index contributed by atoms with van der Waals surface area (Å²) < 4.78 is 0. The van der Waals surface area contributed by atoms with E-state index < -0.39 is 0 Å². The van der Waals surface area contributed by atoms with E-state index in [0.717, 1.165) is 19.3 Å². The smallest absolute Gasteiger partial charge is 0.220 e. The van der Waals surface area contributed by atoms with E-state index >= 15 is 0 Å². The Morgan fingerprint density at radius 1 is 1.70 bits per heavy atom. The summed E-state index contributed by atoms with van der Waals surface area (Å²) in [6.45, 7) is 4.30. The minimum Gasteiger partial charge on any atom is -0.353 e. The SMILES string of the molecule is CC(C)C1CCCC(=O)N1.[HH]. The van der Waals surface area contributed by atoms with Crippen molar-refractivity contribution in [2.75, 3.05) is 0 Å². The summed E-state index contributed by atoms with van der Waals surface area (Å²) in [5, 5.41) is 2.98. The standard InChI is InChI=1S/C8H15NO.H2/c1-6(2)7-4-3-5-8(10)9-7;/h6-7H,3-5H2,1-2H3,(H,9,10);1H. The van der Waals surface area contributed by atoms with Gasteiger partial charge in [-0.2, -0.15) is 0 Å². The first-order valence-corrected chi connectivity index (χ1v) is 3.99. The quantitative estimate of drug-likeness (QED) is 0.593. The third-order valence-electron chi connectivity index (χ3n) is 2.07. The molecule has 1 saturated heterocycles. The van der Waals surface area contributed by atoms with Crippen LogP contribution in [0.1, 0.15) is 34.5 Å². The van der Waals surface area contributed by atoms with Gasteiger partial charge < -0.3 is 5.32 Å². The van der Waals surface area contributed by atoms with Crippen molar-refractivity contribution in [3.63, 3.8) is 0 Å². The maximum Gasteiger partial charge on any atom is 0.220 e. The summed E-state index contributed by atoms with van der Waals surface area (Å²) in [5.74, 6) is 0.814. The average Bonchev–Trinajstić information content (AvgIpc) is 1.88. The van der Waals surface area contributed by atoms with Crippen LogP contribution in [-0.4, -0.2) is 11.9 Å². The second-order valence-corrected chi connectivity index (χ2v) is 3.31. The number of hydrogen-bond acceptors (Lipinski definition) is 1. The number of carbonyl (C=O) groups excluding carboxylic acids is 1. The van der Waals surface area contributed by atoms with E-state index in [-0.39, 0.29) is 7.33 Å². The Morgan fingerprint density at radius 2 is 2.40 bits per heavy atom. The molecule has 0 aliphatic carbocycles. The third kappa shape index (κ3) is 1.72. The van der Waals surface area contributed by atoms with Crippen LogP contribution >= 0.6 is 0 Å². The summed E-state index contributed by atoms with van der Waals surface area (Å²) in [4.78, 5) is 10.9. The van der Waals surface area contributed by atoms with Crippen LogP contribution in [0.4, 0.5) is 0 Å². The van der Waals surface area contributed by atoms with Crippen molar-refractivity contribution in [3.8, 4) is 0 Å². The van der Waals surface area contributed by atoms with Gasteiger partial charge >= 0.3 is 0 Å². The van der Waals surface area contributed by atoms with Gasteiger partial charge in [0.05, 0.1) is 0 Å². The van der Waals surface area contributed by atoms with Gasteiger partial charge in [0.2, 0.25) is 5.91 Å². The Bertz CT molecular complexity index is 136. The van der Waals surface area contributed by atoms with Gasteiger partial charge in [-0.3, -0.25) is 4.79 Å². The van der Waals surface area contributed by atoms with Crippen molar-refractivity contribution in [3.05, 3.63) is 0 Å². The summed E-state index contributed by atoms with van der Waals surface area (Å²) in [5.41, 5.74) is 0. The molecule has 0 radical (unpaired) electrons. The van der Waals surface area contributed by atoms with Gasteiger partial charge in [-0.15, -0.1) is 0 Å². The van der Waals surface area contributed by atoms with Crippen molar-refractivity contribution in [1.82, 2.24) is 5.32 Å². The molecule has 1 fully saturated rings. The van der Waals surface area contributed by atoms with Crippen molar-refractivity contribution < 1.29 is 6.22 Å². The normalized spacial score (nSPS) is 26.7. The molecule has 0 saturated carbocycles. The molecule has 1 amide bonds. The summed E-state index contributed by atoms with van der Waals surface area (Å²) in [6, 6.07) is 0.432. The lowest BCUT2D eigenvalue weighted by Gasteiger charge is -2.26. The lowest BCUT2D eigenvalue weighted by atomic mass is 9.95. The van der Waals surface area contributed by atoms with E-state index in [2.05, 4.69) is 19.2 Å². The fourth-order valence-corrected chi connectivity index (χ4v) is 1.33. The molecule has 1 heterocycles. The van der Waals surface area contributed by atoms with Crippen LogP contribution in [0.15, 0.2) is 0 Å². The highest BCUT2D eigenvalue weighted by molar-refractivity contribution is 5.76. The molecule has 0 bridgehead atoms. The van der Waals surface area contributed by atoms with Crippen molar-refractivity contribution in [2.24, 2.45) is 5.92 Å². The Labute approximate surface area is 63.5 Å². The highest BCUT2D eigenvalue weighted by atomic mass is 16.1. The molecule has 1 rings (SSSR count). The molecule has 2 heteroatoms. The number of carbonyl (C=O) groups is 1. The fraction of sp³-hybridized carbons (Fsp3) is 0.875. The van der Waals surface area contributed by atoms with Crippen LogP contribution in [0.25, 0.3) is 0 Å². The van der Waals surface area contributed by atoms with E-state index in [1.165, 1.54) is 0 Å². The van der Waals surface area contributed by atoms with E-state index in [9.17, 15) is 4.79 Å². The molecule has 10 heavy (non-hydrogen) atoms. The number of piperidine rings is 1.